The number of rotatable bonds is 1. The van der Waals surface area contributed by atoms with Crippen LogP contribution in [-0.4, -0.2) is 35.3 Å². The van der Waals surface area contributed by atoms with Crippen LogP contribution in [0.15, 0.2) is 29.5 Å². The van der Waals surface area contributed by atoms with Crippen LogP contribution in [0.3, 0.4) is 0 Å². The molecule has 0 amide bonds. The van der Waals surface area contributed by atoms with Gasteiger partial charge in [-0.3, -0.25) is 9.78 Å². The number of aromatic nitrogens is 2. The van der Waals surface area contributed by atoms with E-state index >= 15 is 0 Å². The molecule has 98 valence electrons. The molecular formula is C14H15N3O2. The third-order valence-corrected chi connectivity index (χ3v) is 4.19. The molecule has 2 aliphatic heterocycles. The van der Waals surface area contributed by atoms with Crippen LogP contribution in [0, 0.1) is 0 Å². The van der Waals surface area contributed by atoms with Crippen molar-refractivity contribution in [2.75, 3.05) is 18.1 Å². The highest BCUT2D eigenvalue weighted by molar-refractivity contribution is 5.93. The molecule has 5 heteroatoms. The molecule has 4 heterocycles. The summed E-state index contributed by atoms with van der Waals surface area (Å²) in [4.78, 5) is 21.2. The van der Waals surface area contributed by atoms with Crippen molar-refractivity contribution in [1.29, 1.82) is 0 Å². The van der Waals surface area contributed by atoms with Crippen molar-refractivity contribution >= 4 is 16.5 Å². The SMILES string of the molecule is O=c1[nH]ccc2c(N3C4CCC3COC4)cncc12. The van der Waals surface area contributed by atoms with E-state index in [1.165, 1.54) is 0 Å². The molecule has 2 aliphatic rings. The number of morpholine rings is 1. The number of aromatic amines is 1. The Bertz CT molecular complexity index is 666. The Morgan fingerprint density at radius 2 is 2.00 bits per heavy atom. The molecule has 2 atom stereocenters. The molecule has 0 spiro atoms. The fourth-order valence-electron chi connectivity index (χ4n) is 3.32. The van der Waals surface area contributed by atoms with Crippen LogP contribution < -0.4 is 10.5 Å². The Morgan fingerprint density at radius 3 is 2.79 bits per heavy atom. The first kappa shape index (κ1) is 11.0. The van der Waals surface area contributed by atoms with Crippen LogP contribution in [0.1, 0.15) is 12.8 Å². The second-order valence-corrected chi connectivity index (χ2v) is 5.26. The predicted octanol–water partition coefficient (Wildman–Crippen LogP) is 1.29. The molecule has 2 bridgehead atoms. The van der Waals surface area contributed by atoms with Gasteiger partial charge in [0, 0.05) is 17.8 Å². The van der Waals surface area contributed by atoms with Gasteiger partial charge >= 0.3 is 0 Å². The lowest BCUT2D eigenvalue weighted by Crippen LogP contribution is -2.46. The Kier molecular flexibility index (Phi) is 2.35. The summed E-state index contributed by atoms with van der Waals surface area (Å²) >= 11 is 0. The fourth-order valence-corrected chi connectivity index (χ4v) is 3.32. The highest BCUT2D eigenvalue weighted by Gasteiger charge is 2.38. The summed E-state index contributed by atoms with van der Waals surface area (Å²) in [5.41, 5.74) is 0.992. The average molecular weight is 257 g/mol. The summed E-state index contributed by atoms with van der Waals surface area (Å²) in [5, 5.41) is 1.64. The largest absolute Gasteiger partial charge is 0.377 e. The van der Waals surface area contributed by atoms with Gasteiger partial charge in [0.15, 0.2) is 0 Å². The van der Waals surface area contributed by atoms with Gasteiger partial charge in [0.05, 0.1) is 42.6 Å². The molecular weight excluding hydrogens is 242 g/mol. The molecule has 2 saturated heterocycles. The number of anilines is 1. The summed E-state index contributed by atoms with van der Waals surface area (Å²) in [7, 11) is 0. The standard InChI is InChI=1S/C14H15N3O2/c18-14-12-5-15-6-13(11(12)3-4-16-14)17-9-1-2-10(17)8-19-7-9/h3-6,9-10H,1-2,7-8H2,(H,16,18). The summed E-state index contributed by atoms with van der Waals surface area (Å²) in [6.45, 7) is 1.55. The van der Waals surface area contributed by atoms with Gasteiger partial charge in [-0.15, -0.1) is 0 Å². The van der Waals surface area contributed by atoms with Crippen molar-refractivity contribution in [3.8, 4) is 0 Å². The van der Waals surface area contributed by atoms with E-state index in [0.29, 0.717) is 17.5 Å². The zero-order valence-electron chi connectivity index (χ0n) is 10.5. The van der Waals surface area contributed by atoms with Crippen molar-refractivity contribution in [3.05, 3.63) is 35.0 Å². The smallest absolute Gasteiger partial charge is 0.257 e. The Labute approximate surface area is 110 Å². The molecule has 0 saturated carbocycles. The van der Waals surface area contributed by atoms with Crippen LogP contribution in [0.2, 0.25) is 0 Å². The molecule has 2 unspecified atom stereocenters. The number of hydrogen-bond acceptors (Lipinski definition) is 4. The normalized spacial score (nSPS) is 26.0. The van der Waals surface area contributed by atoms with E-state index in [0.717, 1.165) is 37.1 Å². The Morgan fingerprint density at radius 1 is 1.21 bits per heavy atom. The molecule has 0 radical (unpaired) electrons. The quantitative estimate of drug-likeness (QED) is 0.836. The third kappa shape index (κ3) is 1.58. The third-order valence-electron chi connectivity index (χ3n) is 4.19. The molecule has 2 aromatic heterocycles. The lowest BCUT2D eigenvalue weighted by atomic mass is 10.1. The minimum Gasteiger partial charge on any atom is -0.377 e. The predicted molar refractivity (Wildman–Crippen MR) is 72.5 cm³/mol. The Balaban J connectivity index is 1.92. The van der Waals surface area contributed by atoms with Crippen molar-refractivity contribution in [1.82, 2.24) is 9.97 Å². The van der Waals surface area contributed by atoms with Crippen LogP contribution in [0.4, 0.5) is 5.69 Å². The fraction of sp³-hybridized carbons (Fsp3) is 0.429. The maximum atomic E-state index is 11.9. The van der Waals surface area contributed by atoms with Crippen LogP contribution >= 0.6 is 0 Å². The second kappa shape index (κ2) is 4.06. The summed E-state index contributed by atoms with van der Waals surface area (Å²) < 4.78 is 5.61. The van der Waals surface area contributed by atoms with E-state index in [2.05, 4.69) is 14.9 Å². The number of nitrogens with zero attached hydrogens (tertiary/aromatic N) is 2. The molecule has 2 fully saturated rings. The highest BCUT2D eigenvalue weighted by Crippen LogP contribution is 2.36. The van der Waals surface area contributed by atoms with Gasteiger partial charge in [-0.2, -0.15) is 0 Å². The summed E-state index contributed by atoms with van der Waals surface area (Å²) in [6.07, 6.45) is 7.53. The van der Waals surface area contributed by atoms with E-state index in [9.17, 15) is 4.79 Å². The monoisotopic (exact) mass is 257 g/mol. The lowest BCUT2D eigenvalue weighted by Gasteiger charge is -2.36. The highest BCUT2D eigenvalue weighted by atomic mass is 16.5. The van der Waals surface area contributed by atoms with Crippen LogP contribution in [0.25, 0.3) is 10.8 Å². The Hall–Kier alpha value is -1.88. The van der Waals surface area contributed by atoms with Crippen LogP contribution in [-0.2, 0) is 4.74 Å². The minimum atomic E-state index is -0.0764. The number of hydrogen-bond donors (Lipinski definition) is 1. The van der Waals surface area contributed by atoms with Gasteiger partial charge in [0.1, 0.15) is 0 Å². The summed E-state index contributed by atoms with van der Waals surface area (Å²) in [5.74, 6) is 0. The first-order chi connectivity index (χ1) is 9.34. The van der Waals surface area contributed by atoms with Crippen molar-refractivity contribution in [2.24, 2.45) is 0 Å². The van der Waals surface area contributed by atoms with Crippen molar-refractivity contribution in [2.45, 2.75) is 24.9 Å². The van der Waals surface area contributed by atoms with Crippen molar-refractivity contribution in [3.63, 3.8) is 0 Å². The number of nitrogens with one attached hydrogen (secondary N) is 1. The molecule has 0 aliphatic carbocycles. The van der Waals surface area contributed by atoms with Crippen LogP contribution in [0.5, 0.6) is 0 Å². The molecule has 1 N–H and O–H groups in total. The minimum absolute atomic E-state index is 0.0764. The maximum Gasteiger partial charge on any atom is 0.257 e. The van der Waals surface area contributed by atoms with Gasteiger partial charge in [-0.1, -0.05) is 0 Å². The average Bonchev–Trinajstić information content (AvgIpc) is 2.68. The number of H-pyrrole nitrogens is 1. The van der Waals surface area contributed by atoms with Gasteiger partial charge in [-0.25, -0.2) is 0 Å². The first-order valence-electron chi connectivity index (χ1n) is 6.66. The summed E-state index contributed by atoms with van der Waals surface area (Å²) in [6, 6.07) is 2.80. The van der Waals surface area contributed by atoms with E-state index in [1.807, 2.05) is 12.3 Å². The number of fused-ring (bicyclic) bond motifs is 3. The van der Waals surface area contributed by atoms with E-state index in [-0.39, 0.29) is 5.56 Å². The number of pyridine rings is 2. The van der Waals surface area contributed by atoms with Crippen molar-refractivity contribution < 1.29 is 4.74 Å². The number of ether oxygens (including phenoxy) is 1. The molecule has 2 aromatic rings. The van der Waals surface area contributed by atoms with E-state index in [1.54, 1.807) is 12.4 Å². The van der Waals surface area contributed by atoms with Gasteiger partial charge in [-0.05, 0) is 18.9 Å². The molecule has 5 nitrogen and oxygen atoms in total. The van der Waals surface area contributed by atoms with Gasteiger partial charge in [0.25, 0.3) is 5.56 Å². The zero-order chi connectivity index (χ0) is 12.8. The van der Waals surface area contributed by atoms with E-state index < -0.39 is 0 Å². The van der Waals surface area contributed by atoms with Gasteiger partial charge in [0.2, 0.25) is 0 Å². The molecule has 19 heavy (non-hydrogen) atoms. The first-order valence-corrected chi connectivity index (χ1v) is 6.66. The van der Waals surface area contributed by atoms with Gasteiger partial charge < -0.3 is 14.6 Å². The second-order valence-electron chi connectivity index (χ2n) is 5.26. The zero-order valence-corrected chi connectivity index (χ0v) is 10.5. The topological polar surface area (TPSA) is 58.2 Å². The lowest BCUT2D eigenvalue weighted by molar-refractivity contribution is 0.0908. The maximum absolute atomic E-state index is 11.9. The van der Waals surface area contributed by atoms with E-state index in [4.69, 9.17) is 4.74 Å². The molecule has 4 rings (SSSR count). The molecule has 0 aromatic carbocycles.